The molecule has 0 amide bonds. The van der Waals surface area contributed by atoms with Crippen LogP contribution in [0.4, 0.5) is 10.1 Å². The Hall–Kier alpha value is -1.29. The number of unbranched alkanes of at least 4 members (excludes halogenated alkanes) is 1. The minimum atomic E-state index is -0.202. The molecule has 1 aromatic carbocycles. The lowest BCUT2D eigenvalue weighted by Crippen LogP contribution is -2.43. The molecular weight excluding hydrogens is 231 g/mol. The van der Waals surface area contributed by atoms with E-state index >= 15 is 0 Å². The zero-order valence-corrected chi connectivity index (χ0v) is 10.9. The number of hydrogen-bond acceptors (Lipinski definition) is 3. The fraction of sp³-hybridized carbons (Fsp3) is 0.571. The van der Waals surface area contributed by atoms with Gasteiger partial charge in [0.1, 0.15) is 11.6 Å². The fourth-order valence-electron chi connectivity index (χ4n) is 2.09. The first-order chi connectivity index (χ1) is 8.81. The van der Waals surface area contributed by atoms with Gasteiger partial charge in [-0.3, -0.25) is 0 Å². The van der Waals surface area contributed by atoms with Crippen LogP contribution in [0.3, 0.4) is 0 Å². The highest BCUT2D eigenvalue weighted by Gasteiger charge is 2.15. The van der Waals surface area contributed by atoms with Crippen LogP contribution in [0, 0.1) is 5.82 Å². The molecule has 0 unspecified atom stereocenters. The Morgan fingerprint density at radius 1 is 1.33 bits per heavy atom. The second-order valence-electron chi connectivity index (χ2n) is 4.55. The first-order valence-electron chi connectivity index (χ1n) is 6.69. The minimum absolute atomic E-state index is 0.202. The molecule has 0 saturated carbocycles. The Bertz CT molecular complexity index is 378. The number of halogens is 1. The van der Waals surface area contributed by atoms with Crippen molar-refractivity contribution in [3.8, 4) is 5.75 Å². The van der Waals surface area contributed by atoms with E-state index in [0.717, 1.165) is 50.5 Å². The zero-order chi connectivity index (χ0) is 12.8. The Labute approximate surface area is 108 Å². The largest absolute Gasteiger partial charge is 0.491 e. The highest BCUT2D eigenvalue weighted by Crippen LogP contribution is 2.29. The molecule has 0 bridgehead atoms. The Kier molecular flexibility index (Phi) is 4.81. The fourth-order valence-corrected chi connectivity index (χ4v) is 2.09. The molecule has 18 heavy (non-hydrogen) atoms. The minimum Gasteiger partial charge on any atom is -0.491 e. The van der Waals surface area contributed by atoms with Crippen molar-refractivity contribution in [2.24, 2.45) is 0 Å². The Morgan fingerprint density at radius 2 is 2.11 bits per heavy atom. The monoisotopic (exact) mass is 252 g/mol. The van der Waals surface area contributed by atoms with Crippen LogP contribution in [0.5, 0.6) is 5.75 Å². The van der Waals surface area contributed by atoms with E-state index in [0.29, 0.717) is 6.61 Å². The summed E-state index contributed by atoms with van der Waals surface area (Å²) in [7, 11) is 0. The van der Waals surface area contributed by atoms with Gasteiger partial charge in [-0.05, 0) is 18.6 Å². The van der Waals surface area contributed by atoms with Crippen LogP contribution in [-0.2, 0) is 0 Å². The summed E-state index contributed by atoms with van der Waals surface area (Å²) < 4.78 is 19.1. The molecule has 2 rings (SSSR count). The normalized spacial score (nSPS) is 15.8. The summed E-state index contributed by atoms with van der Waals surface area (Å²) in [6, 6.07) is 4.78. The lowest BCUT2D eigenvalue weighted by Gasteiger charge is -2.30. The SMILES string of the molecule is CCCCOc1ccc(F)cc1N1CCNCC1. The van der Waals surface area contributed by atoms with Crippen molar-refractivity contribution < 1.29 is 9.13 Å². The van der Waals surface area contributed by atoms with Gasteiger partial charge in [-0.1, -0.05) is 13.3 Å². The maximum Gasteiger partial charge on any atom is 0.142 e. The highest BCUT2D eigenvalue weighted by atomic mass is 19.1. The lowest BCUT2D eigenvalue weighted by atomic mass is 10.2. The lowest BCUT2D eigenvalue weighted by molar-refractivity contribution is 0.309. The van der Waals surface area contributed by atoms with E-state index in [2.05, 4.69) is 17.1 Å². The third kappa shape index (κ3) is 3.35. The van der Waals surface area contributed by atoms with Gasteiger partial charge in [0, 0.05) is 32.2 Å². The number of ether oxygens (including phenoxy) is 1. The third-order valence-corrected chi connectivity index (χ3v) is 3.13. The van der Waals surface area contributed by atoms with E-state index in [1.165, 1.54) is 6.07 Å². The molecule has 0 radical (unpaired) electrons. The van der Waals surface area contributed by atoms with Crippen LogP contribution >= 0.6 is 0 Å². The van der Waals surface area contributed by atoms with Crippen molar-refractivity contribution in [3.05, 3.63) is 24.0 Å². The van der Waals surface area contributed by atoms with Gasteiger partial charge in [0.05, 0.1) is 12.3 Å². The predicted molar refractivity (Wildman–Crippen MR) is 71.9 cm³/mol. The standard InChI is InChI=1S/C14H21FN2O/c1-2-3-10-18-14-5-4-12(15)11-13(14)17-8-6-16-7-9-17/h4-5,11,16H,2-3,6-10H2,1H3. The summed E-state index contributed by atoms with van der Waals surface area (Å²) in [4.78, 5) is 2.18. The number of benzene rings is 1. The summed E-state index contributed by atoms with van der Waals surface area (Å²) in [5, 5.41) is 3.29. The van der Waals surface area contributed by atoms with Gasteiger partial charge >= 0.3 is 0 Å². The number of nitrogens with zero attached hydrogens (tertiary/aromatic N) is 1. The van der Waals surface area contributed by atoms with Crippen LogP contribution in [0.1, 0.15) is 19.8 Å². The number of rotatable bonds is 5. The van der Waals surface area contributed by atoms with E-state index < -0.39 is 0 Å². The van der Waals surface area contributed by atoms with Crippen molar-refractivity contribution >= 4 is 5.69 Å². The predicted octanol–water partition coefficient (Wildman–Crippen LogP) is 2.41. The topological polar surface area (TPSA) is 24.5 Å². The molecule has 1 fully saturated rings. The molecule has 0 atom stereocenters. The van der Waals surface area contributed by atoms with E-state index in [1.54, 1.807) is 12.1 Å². The molecule has 1 heterocycles. The van der Waals surface area contributed by atoms with Gasteiger partial charge in [-0.15, -0.1) is 0 Å². The van der Waals surface area contributed by atoms with Crippen molar-refractivity contribution in [2.75, 3.05) is 37.7 Å². The maximum absolute atomic E-state index is 13.4. The summed E-state index contributed by atoms with van der Waals surface area (Å²) in [6.45, 7) is 6.49. The zero-order valence-electron chi connectivity index (χ0n) is 10.9. The number of piperazine rings is 1. The summed E-state index contributed by atoms with van der Waals surface area (Å²) in [6.07, 6.45) is 2.13. The molecule has 0 aromatic heterocycles. The number of anilines is 1. The molecule has 1 aromatic rings. The molecule has 1 aliphatic rings. The van der Waals surface area contributed by atoms with Gasteiger partial charge in [-0.25, -0.2) is 4.39 Å². The third-order valence-electron chi connectivity index (χ3n) is 3.13. The van der Waals surface area contributed by atoms with Crippen LogP contribution in [0.2, 0.25) is 0 Å². The van der Waals surface area contributed by atoms with E-state index in [9.17, 15) is 4.39 Å². The maximum atomic E-state index is 13.4. The van der Waals surface area contributed by atoms with Gasteiger partial charge in [0.15, 0.2) is 0 Å². The van der Waals surface area contributed by atoms with Gasteiger partial charge in [0.2, 0.25) is 0 Å². The second kappa shape index (κ2) is 6.59. The summed E-state index contributed by atoms with van der Waals surface area (Å²) in [5.41, 5.74) is 0.882. The molecule has 1 aliphatic heterocycles. The van der Waals surface area contributed by atoms with E-state index in [4.69, 9.17) is 4.74 Å². The quantitative estimate of drug-likeness (QED) is 0.814. The molecule has 4 heteroatoms. The summed E-state index contributed by atoms with van der Waals surface area (Å²) >= 11 is 0. The second-order valence-corrected chi connectivity index (χ2v) is 4.55. The van der Waals surface area contributed by atoms with Crippen molar-refractivity contribution in [2.45, 2.75) is 19.8 Å². The summed E-state index contributed by atoms with van der Waals surface area (Å²) in [5.74, 6) is 0.595. The smallest absolute Gasteiger partial charge is 0.142 e. The first kappa shape index (κ1) is 13.1. The molecule has 0 spiro atoms. The molecule has 0 aliphatic carbocycles. The molecule has 1 N–H and O–H groups in total. The van der Waals surface area contributed by atoms with Crippen LogP contribution in [0.15, 0.2) is 18.2 Å². The Morgan fingerprint density at radius 3 is 2.83 bits per heavy atom. The Balaban J connectivity index is 2.11. The average molecular weight is 252 g/mol. The number of hydrogen-bond donors (Lipinski definition) is 1. The van der Waals surface area contributed by atoms with Gasteiger partial charge in [0.25, 0.3) is 0 Å². The first-order valence-corrected chi connectivity index (χ1v) is 6.69. The molecule has 100 valence electrons. The van der Waals surface area contributed by atoms with Crippen molar-refractivity contribution in [3.63, 3.8) is 0 Å². The van der Waals surface area contributed by atoms with Crippen LogP contribution in [0.25, 0.3) is 0 Å². The van der Waals surface area contributed by atoms with Crippen LogP contribution < -0.4 is 15.0 Å². The van der Waals surface area contributed by atoms with Crippen molar-refractivity contribution in [1.82, 2.24) is 5.32 Å². The molecule has 1 saturated heterocycles. The molecular formula is C14H21FN2O. The van der Waals surface area contributed by atoms with E-state index in [1.807, 2.05) is 0 Å². The van der Waals surface area contributed by atoms with E-state index in [-0.39, 0.29) is 5.82 Å². The number of nitrogens with one attached hydrogen (secondary N) is 1. The van der Waals surface area contributed by atoms with Crippen LogP contribution in [-0.4, -0.2) is 32.8 Å². The highest BCUT2D eigenvalue weighted by molar-refractivity contribution is 5.59. The molecule has 3 nitrogen and oxygen atoms in total. The average Bonchev–Trinajstić information content (AvgIpc) is 2.41. The van der Waals surface area contributed by atoms with Crippen molar-refractivity contribution in [1.29, 1.82) is 0 Å². The van der Waals surface area contributed by atoms with Gasteiger partial charge < -0.3 is 15.0 Å². The van der Waals surface area contributed by atoms with Gasteiger partial charge in [-0.2, -0.15) is 0 Å².